The van der Waals surface area contributed by atoms with Crippen LogP contribution in [0.1, 0.15) is 10.4 Å². The Labute approximate surface area is 144 Å². The number of phenols is 2. The Kier molecular flexibility index (Phi) is 4.58. The van der Waals surface area contributed by atoms with Crippen LogP contribution in [0.25, 0.3) is 11.1 Å². The molecule has 0 spiro atoms. The van der Waals surface area contributed by atoms with Crippen LogP contribution in [-0.4, -0.2) is 27.7 Å². The predicted octanol–water partition coefficient (Wildman–Crippen LogP) is 4.02. The number of phenolic OH excluding ortho intramolecular Hbond substituents is 2. The van der Waals surface area contributed by atoms with Crippen LogP contribution in [0.5, 0.6) is 11.5 Å². The van der Waals surface area contributed by atoms with Crippen molar-refractivity contribution < 1.29 is 19.7 Å². The molecule has 0 aliphatic heterocycles. The van der Waals surface area contributed by atoms with Crippen molar-refractivity contribution in [2.45, 2.75) is 11.5 Å². The first-order valence-corrected chi connectivity index (χ1v) is 7.81. The number of alkyl halides is 1. The summed E-state index contributed by atoms with van der Waals surface area (Å²) in [6.45, 7) is 0. The number of esters is 1. The monoisotopic (exact) mass is 342 g/mol. The number of ether oxygens (including phenoxy) is 1. The van der Waals surface area contributed by atoms with Gasteiger partial charge < -0.3 is 14.9 Å². The van der Waals surface area contributed by atoms with Gasteiger partial charge in [0.1, 0.15) is 23.2 Å². The van der Waals surface area contributed by atoms with Crippen molar-refractivity contribution >= 4 is 17.6 Å². The smallest absolute Gasteiger partial charge is 0.342 e. The molecular formula is C19H15ClO4. The molecule has 2 N–H and O–H groups in total. The number of carbonyl (C=O) groups is 1. The lowest BCUT2D eigenvalue weighted by Crippen LogP contribution is -2.17. The molecule has 0 atom stereocenters. The molecule has 0 saturated carbocycles. The van der Waals surface area contributed by atoms with Crippen molar-refractivity contribution in [1.29, 1.82) is 0 Å². The SMILES string of the molecule is O=C(OC1C=CC(Cl)C=C1)c1cc(O)cc(-c2ccccc2)c1O. The summed E-state index contributed by atoms with van der Waals surface area (Å²) in [6.07, 6.45) is 6.17. The summed E-state index contributed by atoms with van der Waals surface area (Å²) < 4.78 is 5.31. The zero-order valence-corrected chi connectivity index (χ0v) is 13.4. The van der Waals surface area contributed by atoms with Gasteiger partial charge in [-0.05, 0) is 29.8 Å². The molecular weight excluding hydrogens is 328 g/mol. The van der Waals surface area contributed by atoms with E-state index in [1.54, 1.807) is 48.6 Å². The number of benzene rings is 2. The van der Waals surface area contributed by atoms with Crippen LogP contribution in [0.3, 0.4) is 0 Å². The molecule has 5 heteroatoms. The van der Waals surface area contributed by atoms with Gasteiger partial charge in [-0.2, -0.15) is 0 Å². The van der Waals surface area contributed by atoms with Crippen molar-refractivity contribution in [3.8, 4) is 22.6 Å². The molecule has 3 rings (SSSR count). The maximum absolute atomic E-state index is 12.4. The number of hydrogen-bond acceptors (Lipinski definition) is 4. The van der Waals surface area contributed by atoms with Crippen LogP contribution in [0.15, 0.2) is 66.8 Å². The summed E-state index contributed by atoms with van der Waals surface area (Å²) in [5.41, 5.74) is 0.948. The highest BCUT2D eigenvalue weighted by molar-refractivity contribution is 6.23. The van der Waals surface area contributed by atoms with Crippen molar-refractivity contribution in [3.05, 3.63) is 72.3 Å². The molecule has 0 heterocycles. The van der Waals surface area contributed by atoms with Crippen LogP contribution in [0.4, 0.5) is 0 Å². The Balaban J connectivity index is 1.91. The van der Waals surface area contributed by atoms with Gasteiger partial charge >= 0.3 is 5.97 Å². The molecule has 1 aliphatic rings. The molecule has 2 aromatic carbocycles. The Bertz CT molecular complexity index is 798. The molecule has 0 fully saturated rings. The van der Waals surface area contributed by atoms with E-state index in [1.807, 2.05) is 6.07 Å². The van der Waals surface area contributed by atoms with Crippen LogP contribution in [-0.2, 0) is 4.74 Å². The zero-order chi connectivity index (χ0) is 17.1. The second-order valence-electron chi connectivity index (χ2n) is 5.34. The maximum atomic E-state index is 12.4. The van der Waals surface area contributed by atoms with E-state index in [1.165, 1.54) is 12.1 Å². The van der Waals surface area contributed by atoms with Crippen molar-refractivity contribution in [2.75, 3.05) is 0 Å². The van der Waals surface area contributed by atoms with Gasteiger partial charge in [0.15, 0.2) is 0 Å². The average Bonchev–Trinajstić information content (AvgIpc) is 2.59. The second kappa shape index (κ2) is 6.81. The summed E-state index contributed by atoms with van der Waals surface area (Å²) >= 11 is 5.88. The van der Waals surface area contributed by atoms with Crippen LogP contribution in [0.2, 0.25) is 0 Å². The zero-order valence-electron chi connectivity index (χ0n) is 12.6. The number of allylic oxidation sites excluding steroid dienone is 2. The number of aromatic hydroxyl groups is 2. The largest absolute Gasteiger partial charge is 0.508 e. The number of rotatable bonds is 3. The highest BCUT2D eigenvalue weighted by Gasteiger charge is 2.21. The Hall–Kier alpha value is -2.72. The molecule has 0 amide bonds. The topological polar surface area (TPSA) is 66.8 Å². The first kappa shape index (κ1) is 16.1. The standard InChI is InChI=1S/C19H15ClO4/c20-13-6-8-15(9-7-13)24-19(23)17-11-14(21)10-16(18(17)22)12-4-2-1-3-5-12/h1-11,13,15,21-22H. The number of halogens is 1. The normalized spacial score (nSPS) is 19.2. The van der Waals surface area contributed by atoms with Gasteiger partial charge in [-0.1, -0.05) is 42.5 Å². The molecule has 1 aliphatic carbocycles. The third-order valence-corrected chi connectivity index (χ3v) is 3.90. The first-order chi connectivity index (χ1) is 11.5. The summed E-state index contributed by atoms with van der Waals surface area (Å²) in [5.74, 6) is -1.09. The Morgan fingerprint density at radius 1 is 1.00 bits per heavy atom. The molecule has 0 bridgehead atoms. The van der Waals surface area contributed by atoms with E-state index in [0.29, 0.717) is 11.1 Å². The van der Waals surface area contributed by atoms with Crippen LogP contribution >= 0.6 is 11.6 Å². The van der Waals surface area contributed by atoms with Gasteiger partial charge in [-0.15, -0.1) is 11.6 Å². The highest BCUT2D eigenvalue weighted by Crippen LogP contribution is 2.36. The van der Waals surface area contributed by atoms with Crippen molar-refractivity contribution in [3.63, 3.8) is 0 Å². The molecule has 0 saturated heterocycles. The van der Waals surface area contributed by atoms with E-state index in [-0.39, 0.29) is 22.4 Å². The fourth-order valence-electron chi connectivity index (χ4n) is 2.44. The van der Waals surface area contributed by atoms with Gasteiger partial charge in [0.05, 0.1) is 5.38 Å². The third kappa shape index (κ3) is 3.44. The molecule has 0 unspecified atom stereocenters. The maximum Gasteiger partial charge on any atom is 0.342 e. The minimum Gasteiger partial charge on any atom is -0.508 e. The van der Waals surface area contributed by atoms with Crippen LogP contribution < -0.4 is 0 Å². The second-order valence-corrected chi connectivity index (χ2v) is 5.84. The van der Waals surface area contributed by atoms with E-state index in [2.05, 4.69) is 0 Å². The summed E-state index contributed by atoms with van der Waals surface area (Å²) in [4.78, 5) is 12.4. The minimum absolute atomic E-state index is 0.0938. The van der Waals surface area contributed by atoms with E-state index in [9.17, 15) is 15.0 Å². The molecule has 122 valence electrons. The van der Waals surface area contributed by atoms with Gasteiger partial charge in [0.25, 0.3) is 0 Å². The van der Waals surface area contributed by atoms with Gasteiger partial charge in [-0.25, -0.2) is 4.79 Å². The van der Waals surface area contributed by atoms with E-state index in [0.717, 1.165) is 0 Å². The Morgan fingerprint density at radius 2 is 1.67 bits per heavy atom. The summed E-state index contributed by atoms with van der Waals surface area (Å²) in [7, 11) is 0. The molecule has 0 aromatic heterocycles. The quantitative estimate of drug-likeness (QED) is 0.382. The third-order valence-electron chi connectivity index (χ3n) is 3.61. The molecule has 24 heavy (non-hydrogen) atoms. The van der Waals surface area contributed by atoms with Crippen LogP contribution in [0, 0.1) is 0 Å². The van der Waals surface area contributed by atoms with Gasteiger partial charge in [0, 0.05) is 5.56 Å². The van der Waals surface area contributed by atoms with E-state index in [4.69, 9.17) is 16.3 Å². The van der Waals surface area contributed by atoms with Crippen molar-refractivity contribution in [1.82, 2.24) is 0 Å². The average molecular weight is 343 g/mol. The number of carbonyl (C=O) groups excluding carboxylic acids is 1. The van der Waals surface area contributed by atoms with Crippen molar-refractivity contribution in [2.24, 2.45) is 0 Å². The first-order valence-electron chi connectivity index (χ1n) is 7.37. The molecule has 2 aromatic rings. The fraction of sp³-hybridized carbons (Fsp3) is 0.105. The highest BCUT2D eigenvalue weighted by atomic mass is 35.5. The lowest BCUT2D eigenvalue weighted by Gasteiger charge is -2.16. The lowest BCUT2D eigenvalue weighted by atomic mass is 10.0. The fourth-order valence-corrected chi connectivity index (χ4v) is 2.61. The molecule has 4 nitrogen and oxygen atoms in total. The van der Waals surface area contributed by atoms with E-state index >= 15 is 0 Å². The van der Waals surface area contributed by atoms with Gasteiger partial charge in [-0.3, -0.25) is 0 Å². The predicted molar refractivity (Wildman–Crippen MR) is 92.3 cm³/mol. The lowest BCUT2D eigenvalue weighted by molar-refractivity contribution is 0.0458. The Morgan fingerprint density at radius 3 is 2.33 bits per heavy atom. The van der Waals surface area contributed by atoms with Gasteiger partial charge in [0.2, 0.25) is 0 Å². The number of hydrogen-bond donors (Lipinski definition) is 2. The summed E-state index contributed by atoms with van der Waals surface area (Å²) in [5, 5.41) is 20.1. The molecule has 0 radical (unpaired) electrons. The minimum atomic E-state index is -0.729. The summed E-state index contributed by atoms with van der Waals surface area (Å²) in [6, 6.07) is 11.6. The van der Waals surface area contributed by atoms with E-state index < -0.39 is 12.1 Å².